The maximum Gasteiger partial charge on any atom is 0.416 e. The Morgan fingerprint density at radius 2 is 1.42 bits per heavy atom. The molecule has 168 valence electrons. The van der Waals surface area contributed by atoms with Crippen LogP contribution in [0.3, 0.4) is 0 Å². The van der Waals surface area contributed by atoms with E-state index in [2.05, 4.69) is 15.9 Å². The van der Waals surface area contributed by atoms with Gasteiger partial charge < -0.3 is 9.47 Å². The van der Waals surface area contributed by atoms with Gasteiger partial charge in [-0.1, -0.05) is 28.1 Å². The van der Waals surface area contributed by atoms with Crippen molar-refractivity contribution in [2.24, 2.45) is 0 Å². The quantitative estimate of drug-likeness (QED) is 0.533. The Bertz CT molecular complexity index is 1020. The van der Waals surface area contributed by atoms with Crippen molar-refractivity contribution >= 4 is 25.8 Å². The van der Waals surface area contributed by atoms with Crippen molar-refractivity contribution in [1.82, 2.24) is 0 Å². The first kappa shape index (κ1) is 22.8. The van der Waals surface area contributed by atoms with Gasteiger partial charge in [0.1, 0.15) is 0 Å². The van der Waals surface area contributed by atoms with Crippen molar-refractivity contribution < 1.29 is 31.1 Å². The largest absolute Gasteiger partial charge is 0.416 e. The van der Waals surface area contributed by atoms with E-state index in [-0.39, 0.29) is 11.3 Å². The summed E-state index contributed by atoms with van der Waals surface area (Å²) < 4.78 is 77.7. The van der Waals surface area contributed by atoms with Gasteiger partial charge in [0.2, 0.25) is 0 Å². The van der Waals surface area contributed by atoms with E-state index in [4.69, 9.17) is 9.47 Å². The van der Waals surface area contributed by atoms with Crippen molar-refractivity contribution in [2.75, 3.05) is 13.2 Å². The molecule has 1 heterocycles. The Kier molecular flexibility index (Phi) is 6.00. The standard InChI is InChI=1S/C22H22BrF3O4S/c23-18-5-1-16(2-6-18)15-20(9-11-21(12-10-20)29-13-14-30-21)31(27,28)19-7-3-17(4-8-19)22(24,25)26/h1-8H,9-15H2. The lowest BCUT2D eigenvalue weighted by Gasteiger charge is -2.43. The summed E-state index contributed by atoms with van der Waals surface area (Å²) in [4.78, 5) is -0.0955. The number of rotatable bonds is 4. The van der Waals surface area contributed by atoms with Gasteiger partial charge in [-0.2, -0.15) is 13.2 Å². The van der Waals surface area contributed by atoms with Crippen molar-refractivity contribution in [3.05, 3.63) is 64.1 Å². The molecule has 1 spiro atoms. The number of hydrogen-bond acceptors (Lipinski definition) is 4. The van der Waals surface area contributed by atoms with Gasteiger partial charge in [0.25, 0.3) is 0 Å². The maximum absolute atomic E-state index is 13.8. The summed E-state index contributed by atoms with van der Waals surface area (Å²) in [5.74, 6) is -0.751. The highest BCUT2D eigenvalue weighted by molar-refractivity contribution is 9.10. The fourth-order valence-electron chi connectivity index (χ4n) is 4.46. The molecule has 1 saturated heterocycles. The molecule has 4 rings (SSSR count). The third-order valence-electron chi connectivity index (χ3n) is 6.24. The fraction of sp³-hybridized carbons (Fsp3) is 0.455. The molecule has 2 aliphatic rings. The molecule has 0 aromatic heterocycles. The lowest BCUT2D eigenvalue weighted by atomic mass is 9.80. The van der Waals surface area contributed by atoms with Crippen LogP contribution in [0.4, 0.5) is 13.2 Å². The highest BCUT2D eigenvalue weighted by Crippen LogP contribution is 2.47. The molecule has 0 amide bonds. The van der Waals surface area contributed by atoms with E-state index >= 15 is 0 Å². The average Bonchev–Trinajstić information content (AvgIpc) is 3.19. The van der Waals surface area contributed by atoms with E-state index in [9.17, 15) is 21.6 Å². The van der Waals surface area contributed by atoms with Crippen molar-refractivity contribution in [3.8, 4) is 0 Å². The van der Waals surface area contributed by atoms with Crippen molar-refractivity contribution in [3.63, 3.8) is 0 Å². The number of benzene rings is 2. The van der Waals surface area contributed by atoms with Crippen LogP contribution < -0.4 is 0 Å². The smallest absolute Gasteiger partial charge is 0.348 e. The van der Waals surface area contributed by atoms with E-state index in [0.717, 1.165) is 34.3 Å². The SMILES string of the molecule is O=S(=O)(c1ccc(C(F)(F)F)cc1)C1(Cc2ccc(Br)cc2)CCC2(CC1)OCCO2. The van der Waals surface area contributed by atoms with Gasteiger partial charge in [0.05, 0.1) is 28.4 Å². The number of sulfone groups is 1. The third-order valence-corrected chi connectivity index (χ3v) is 9.35. The first-order valence-corrected chi connectivity index (χ1v) is 12.3. The summed E-state index contributed by atoms with van der Waals surface area (Å²) in [7, 11) is -3.93. The minimum Gasteiger partial charge on any atom is -0.348 e. The molecule has 0 unspecified atom stereocenters. The molecule has 2 aromatic rings. The lowest BCUT2D eigenvalue weighted by Crippen LogP contribution is -2.49. The van der Waals surface area contributed by atoms with Gasteiger partial charge in [0, 0.05) is 17.3 Å². The zero-order chi connectivity index (χ0) is 22.3. The molecule has 2 aromatic carbocycles. The van der Waals surface area contributed by atoms with Crippen molar-refractivity contribution in [1.29, 1.82) is 0 Å². The second kappa shape index (κ2) is 8.17. The zero-order valence-electron chi connectivity index (χ0n) is 16.6. The fourth-order valence-corrected chi connectivity index (χ4v) is 6.82. The minimum atomic E-state index is -4.52. The van der Waals surface area contributed by atoms with E-state index in [0.29, 0.717) is 38.9 Å². The third kappa shape index (κ3) is 4.42. The van der Waals surface area contributed by atoms with Gasteiger partial charge in [-0.25, -0.2) is 8.42 Å². The molecule has 1 aliphatic carbocycles. The Balaban J connectivity index is 1.70. The van der Waals surface area contributed by atoms with Crippen LogP contribution in [-0.4, -0.2) is 32.2 Å². The van der Waals surface area contributed by atoms with Crippen LogP contribution in [0.2, 0.25) is 0 Å². The molecule has 4 nitrogen and oxygen atoms in total. The van der Waals surface area contributed by atoms with Crippen LogP contribution in [0.1, 0.15) is 36.8 Å². The van der Waals surface area contributed by atoms with Gasteiger partial charge >= 0.3 is 6.18 Å². The Morgan fingerprint density at radius 1 is 0.871 bits per heavy atom. The summed E-state index contributed by atoms with van der Waals surface area (Å²) in [5.41, 5.74) is -0.0216. The first-order valence-electron chi connectivity index (χ1n) is 10.00. The molecule has 9 heteroatoms. The van der Waals surface area contributed by atoms with Crippen LogP contribution in [0.15, 0.2) is 57.9 Å². The second-order valence-corrected chi connectivity index (χ2v) is 11.4. The highest BCUT2D eigenvalue weighted by atomic mass is 79.9. The van der Waals surface area contributed by atoms with Gasteiger partial charge in [-0.3, -0.25) is 0 Å². The van der Waals surface area contributed by atoms with Crippen LogP contribution in [0.5, 0.6) is 0 Å². The molecule has 2 fully saturated rings. The van der Waals surface area contributed by atoms with Gasteiger partial charge in [0.15, 0.2) is 15.6 Å². The number of hydrogen-bond donors (Lipinski definition) is 0. The molecule has 1 aliphatic heterocycles. The molecule has 0 bridgehead atoms. The first-order chi connectivity index (χ1) is 14.6. The predicted octanol–water partition coefficient (Wildman–Crippen LogP) is 5.54. The lowest BCUT2D eigenvalue weighted by molar-refractivity contribution is -0.180. The Hall–Kier alpha value is -1.42. The molecule has 31 heavy (non-hydrogen) atoms. The van der Waals surface area contributed by atoms with Crippen LogP contribution in [0, 0.1) is 0 Å². The second-order valence-electron chi connectivity index (χ2n) is 8.12. The summed E-state index contributed by atoms with van der Waals surface area (Å²) in [6.45, 7) is 0.955. The normalized spacial score (nSPS) is 20.8. The van der Waals surface area contributed by atoms with Crippen LogP contribution in [0.25, 0.3) is 0 Å². The van der Waals surface area contributed by atoms with E-state index in [1.807, 2.05) is 24.3 Å². The van der Waals surface area contributed by atoms with Crippen LogP contribution in [-0.2, 0) is 31.9 Å². The molecule has 0 atom stereocenters. The van der Waals surface area contributed by atoms with Gasteiger partial charge in [-0.05, 0) is 61.2 Å². The molecule has 0 N–H and O–H groups in total. The highest BCUT2D eigenvalue weighted by Gasteiger charge is 2.53. The monoisotopic (exact) mass is 518 g/mol. The van der Waals surface area contributed by atoms with Crippen LogP contribution >= 0.6 is 15.9 Å². The minimum absolute atomic E-state index is 0.0955. The molecule has 1 saturated carbocycles. The summed E-state index contributed by atoms with van der Waals surface area (Å²) in [5, 5.41) is 0. The molecule has 0 radical (unpaired) electrons. The summed E-state index contributed by atoms with van der Waals surface area (Å²) >= 11 is 3.38. The maximum atomic E-state index is 13.8. The van der Waals surface area contributed by atoms with E-state index < -0.39 is 32.1 Å². The number of halogens is 4. The molecular formula is C22H22BrF3O4S. The number of ether oxygens (including phenoxy) is 2. The topological polar surface area (TPSA) is 52.6 Å². The Morgan fingerprint density at radius 3 is 1.94 bits per heavy atom. The predicted molar refractivity (Wildman–Crippen MR) is 112 cm³/mol. The Labute approximate surface area is 187 Å². The zero-order valence-corrected chi connectivity index (χ0v) is 19.0. The number of alkyl halides is 3. The summed E-state index contributed by atoms with van der Waals surface area (Å²) in [6.07, 6.45) is -2.82. The van der Waals surface area contributed by atoms with Crippen molar-refractivity contribution in [2.45, 2.75) is 53.7 Å². The molecular weight excluding hydrogens is 497 g/mol. The van der Waals surface area contributed by atoms with E-state index in [1.54, 1.807) is 0 Å². The van der Waals surface area contributed by atoms with Gasteiger partial charge in [-0.15, -0.1) is 0 Å². The van der Waals surface area contributed by atoms with E-state index in [1.165, 1.54) is 0 Å². The summed E-state index contributed by atoms with van der Waals surface area (Å²) in [6, 6.07) is 11.2. The average molecular weight is 519 g/mol.